The van der Waals surface area contributed by atoms with Gasteiger partial charge in [0.15, 0.2) is 0 Å². The van der Waals surface area contributed by atoms with Gasteiger partial charge in [-0.05, 0) is 33.1 Å². The van der Waals surface area contributed by atoms with Gasteiger partial charge in [-0.15, -0.1) is 0 Å². The molecule has 0 aromatic carbocycles. The highest BCUT2D eigenvalue weighted by Crippen LogP contribution is 2.21. The zero-order valence-electron chi connectivity index (χ0n) is 9.76. The van der Waals surface area contributed by atoms with Crippen molar-refractivity contribution >= 4 is 5.97 Å². The van der Waals surface area contributed by atoms with Crippen LogP contribution in [0, 0.1) is 5.41 Å². The van der Waals surface area contributed by atoms with Crippen LogP contribution in [0.25, 0.3) is 0 Å². The van der Waals surface area contributed by atoms with Gasteiger partial charge in [-0.2, -0.15) is 0 Å². The Bertz CT molecular complexity index is 164. The van der Waals surface area contributed by atoms with Gasteiger partial charge < -0.3 is 9.47 Å². The van der Waals surface area contributed by atoms with E-state index >= 15 is 0 Å². The topological polar surface area (TPSA) is 35.5 Å². The third kappa shape index (κ3) is 5.22. The summed E-state index contributed by atoms with van der Waals surface area (Å²) in [6.45, 7) is 7.04. The summed E-state index contributed by atoms with van der Waals surface area (Å²) in [6, 6.07) is 0. The molecule has 0 saturated heterocycles. The average molecular weight is 202 g/mol. The number of hydrogen-bond acceptors (Lipinski definition) is 3. The molecule has 0 aromatic heterocycles. The standard InChI is InChI=1S/C11H22O3/c1-5-11(2,3)10(12)14-9-7-6-8-13-4/h5-9H2,1-4H3. The van der Waals surface area contributed by atoms with Crippen LogP contribution in [0.5, 0.6) is 0 Å². The largest absolute Gasteiger partial charge is 0.465 e. The molecule has 0 amide bonds. The molecule has 0 saturated carbocycles. The minimum absolute atomic E-state index is 0.0996. The van der Waals surface area contributed by atoms with Crippen LogP contribution in [0.4, 0.5) is 0 Å². The van der Waals surface area contributed by atoms with E-state index in [0.717, 1.165) is 25.9 Å². The lowest BCUT2D eigenvalue weighted by Crippen LogP contribution is -2.26. The average Bonchev–Trinajstić information content (AvgIpc) is 2.17. The maximum absolute atomic E-state index is 11.5. The van der Waals surface area contributed by atoms with Crippen LogP contribution in [-0.2, 0) is 14.3 Å². The summed E-state index contributed by atoms with van der Waals surface area (Å²) in [6.07, 6.45) is 2.62. The third-order valence-corrected chi connectivity index (χ3v) is 2.41. The molecule has 0 aromatic rings. The van der Waals surface area contributed by atoms with Gasteiger partial charge in [-0.3, -0.25) is 4.79 Å². The maximum atomic E-state index is 11.5. The van der Waals surface area contributed by atoms with Gasteiger partial charge in [0.05, 0.1) is 12.0 Å². The van der Waals surface area contributed by atoms with Gasteiger partial charge >= 0.3 is 5.97 Å². The highest BCUT2D eigenvalue weighted by molar-refractivity contribution is 5.75. The number of hydrogen-bond donors (Lipinski definition) is 0. The third-order valence-electron chi connectivity index (χ3n) is 2.41. The zero-order valence-corrected chi connectivity index (χ0v) is 9.76. The molecule has 0 radical (unpaired) electrons. The Kier molecular flexibility index (Phi) is 6.54. The molecule has 84 valence electrons. The Hall–Kier alpha value is -0.570. The number of unbranched alkanes of at least 4 members (excludes halogenated alkanes) is 1. The fraction of sp³-hybridized carbons (Fsp3) is 0.909. The van der Waals surface area contributed by atoms with Crippen molar-refractivity contribution in [3.05, 3.63) is 0 Å². The van der Waals surface area contributed by atoms with Crippen LogP contribution in [0.1, 0.15) is 40.0 Å². The molecule has 0 N–H and O–H groups in total. The first-order chi connectivity index (χ1) is 6.54. The van der Waals surface area contributed by atoms with Crippen LogP contribution in [0.15, 0.2) is 0 Å². The van der Waals surface area contributed by atoms with E-state index in [0.29, 0.717) is 6.61 Å². The first-order valence-corrected chi connectivity index (χ1v) is 5.20. The lowest BCUT2D eigenvalue weighted by Gasteiger charge is -2.20. The Labute approximate surface area is 86.8 Å². The quantitative estimate of drug-likeness (QED) is 0.469. The molecule has 0 aliphatic heterocycles. The van der Waals surface area contributed by atoms with Crippen molar-refractivity contribution in [2.45, 2.75) is 40.0 Å². The second kappa shape index (κ2) is 6.82. The normalized spacial score (nSPS) is 11.4. The van der Waals surface area contributed by atoms with Crippen molar-refractivity contribution < 1.29 is 14.3 Å². The molecule has 0 bridgehead atoms. The summed E-state index contributed by atoms with van der Waals surface area (Å²) >= 11 is 0. The summed E-state index contributed by atoms with van der Waals surface area (Å²) in [5, 5.41) is 0. The van der Waals surface area contributed by atoms with Crippen molar-refractivity contribution in [3.63, 3.8) is 0 Å². The van der Waals surface area contributed by atoms with E-state index in [4.69, 9.17) is 9.47 Å². The molecule has 0 unspecified atom stereocenters. The maximum Gasteiger partial charge on any atom is 0.311 e. The van der Waals surface area contributed by atoms with E-state index in [-0.39, 0.29) is 11.4 Å². The first kappa shape index (κ1) is 13.4. The van der Waals surface area contributed by atoms with Crippen molar-refractivity contribution in [2.24, 2.45) is 5.41 Å². The molecule has 3 heteroatoms. The number of rotatable bonds is 7. The SMILES string of the molecule is CCC(C)(C)C(=O)OCCCCOC. The van der Waals surface area contributed by atoms with Gasteiger partial charge in [0.2, 0.25) is 0 Å². The van der Waals surface area contributed by atoms with Crippen molar-refractivity contribution in [1.82, 2.24) is 0 Å². The second-order valence-corrected chi connectivity index (χ2v) is 4.07. The minimum atomic E-state index is -0.346. The van der Waals surface area contributed by atoms with Crippen molar-refractivity contribution in [2.75, 3.05) is 20.3 Å². The molecule has 3 nitrogen and oxygen atoms in total. The number of ether oxygens (including phenoxy) is 2. The number of carbonyl (C=O) groups is 1. The number of carbonyl (C=O) groups excluding carboxylic acids is 1. The van der Waals surface area contributed by atoms with Gasteiger partial charge in [-0.1, -0.05) is 6.92 Å². The summed E-state index contributed by atoms with van der Waals surface area (Å²) in [4.78, 5) is 11.5. The van der Waals surface area contributed by atoms with E-state index in [1.807, 2.05) is 20.8 Å². The molecule has 0 atom stereocenters. The molecule has 0 aliphatic rings. The lowest BCUT2D eigenvalue weighted by atomic mass is 9.91. The summed E-state index contributed by atoms with van der Waals surface area (Å²) < 4.78 is 10.0. The monoisotopic (exact) mass is 202 g/mol. The molecule has 0 spiro atoms. The smallest absolute Gasteiger partial charge is 0.311 e. The van der Waals surface area contributed by atoms with E-state index in [9.17, 15) is 4.79 Å². The summed E-state index contributed by atoms with van der Waals surface area (Å²) in [5.74, 6) is -0.0996. The fourth-order valence-corrected chi connectivity index (χ4v) is 0.853. The number of esters is 1. The molecule has 0 rings (SSSR count). The molecular weight excluding hydrogens is 180 g/mol. The van der Waals surface area contributed by atoms with Crippen LogP contribution in [-0.4, -0.2) is 26.3 Å². The van der Waals surface area contributed by atoms with Crippen molar-refractivity contribution in [3.8, 4) is 0 Å². The Morgan fingerprint density at radius 1 is 1.21 bits per heavy atom. The lowest BCUT2D eigenvalue weighted by molar-refractivity contribution is -0.154. The molecule has 0 heterocycles. The summed E-state index contributed by atoms with van der Waals surface area (Å²) in [7, 11) is 1.67. The molecular formula is C11H22O3. The predicted octanol–water partition coefficient (Wildman–Crippen LogP) is 2.39. The fourth-order valence-electron chi connectivity index (χ4n) is 0.853. The molecule has 14 heavy (non-hydrogen) atoms. The predicted molar refractivity (Wildman–Crippen MR) is 56.1 cm³/mol. The van der Waals surface area contributed by atoms with Crippen LogP contribution >= 0.6 is 0 Å². The Morgan fingerprint density at radius 2 is 1.79 bits per heavy atom. The Balaban J connectivity index is 3.54. The highest BCUT2D eigenvalue weighted by atomic mass is 16.5. The van der Waals surface area contributed by atoms with E-state index in [1.54, 1.807) is 7.11 Å². The van der Waals surface area contributed by atoms with Gasteiger partial charge in [-0.25, -0.2) is 0 Å². The summed E-state index contributed by atoms with van der Waals surface area (Å²) in [5.41, 5.74) is -0.346. The molecule has 0 aliphatic carbocycles. The minimum Gasteiger partial charge on any atom is -0.465 e. The second-order valence-electron chi connectivity index (χ2n) is 4.07. The van der Waals surface area contributed by atoms with E-state index < -0.39 is 0 Å². The first-order valence-electron chi connectivity index (χ1n) is 5.20. The highest BCUT2D eigenvalue weighted by Gasteiger charge is 2.26. The van der Waals surface area contributed by atoms with Crippen LogP contribution < -0.4 is 0 Å². The van der Waals surface area contributed by atoms with E-state index in [2.05, 4.69) is 0 Å². The van der Waals surface area contributed by atoms with E-state index in [1.165, 1.54) is 0 Å². The van der Waals surface area contributed by atoms with Gasteiger partial charge in [0, 0.05) is 13.7 Å². The van der Waals surface area contributed by atoms with Gasteiger partial charge in [0.1, 0.15) is 0 Å². The van der Waals surface area contributed by atoms with Crippen LogP contribution in [0.3, 0.4) is 0 Å². The zero-order chi connectivity index (χ0) is 11.0. The molecule has 0 fully saturated rings. The Morgan fingerprint density at radius 3 is 2.29 bits per heavy atom. The van der Waals surface area contributed by atoms with Crippen LogP contribution in [0.2, 0.25) is 0 Å². The van der Waals surface area contributed by atoms with Crippen molar-refractivity contribution in [1.29, 1.82) is 0 Å². The van der Waals surface area contributed by atoms with Gasteiger partial charge in [0.25, 0.3) is 0 Å². The number of methoxy groups -OCH3 is 1.